The Morgan fingerprint density at radius 2 is 1.81 bits per heavy atom. The van der Waals surface area contributed by atoms with E-state index in [1.54, 1.807) is 6.33 Å². The van der Waals surface area contributed by atoms with Crippen molar-refractivity contribution in [2.75, 3.05) is 0 Å². The molecular formula is C13H17N3. The second-order valence-corrected chi connectivity index (χ2v) is 4.21. The average Bonchev–Trinajstić information content (AvgIpc) is 2.64. The predicted molar refractivity (Wildman–Crippen MR) is 66.1 cm³/mol. The van der Waals surface area contributed by atoms with E-state index in [9.17, 15) is 0 Å². The van der Waals surface area contributed by atoms with Gasteiger partial charge in [0.05, 0.1) is 17.7 Å². The fraction of sp³-hybridized carbons (Fsp3) is 0.308. The van der Waals surface area contributed by atoms with Gasteiger partial charge in [0.1, 0.15) is 0 Å². The highest BCUT2D eigenvalue weighted by atomic mass is 14.9. The number of aromatic amines is 1. The summed E-state index contributed by atoms with van der Waals surface area (Å²) >= 11 is 0. The molecule has 0 bridgehead atoms. The Labute approximate surface area is 95.7 Å². The van der Waals surface area contributed by atoms with Crippen LogP contribution in [0.4, 0.5) is 0 Å². The third-order valence-corrected chi connectivity index (χ3v) is 2.84. The molecule has 1 aromatic carbocycles. The van der Waals surface area contributed by atoms with Crippen molar-refractivity contribution in [1.29, 1.82) is 0 Å². The number of aromatic nitrogens is 2. The van der Waals surface area contributed by atoms with E-state index in [-0.39, 0.29) is 0 Å². The molecule has 0 unspecified atom stereocenters. The standard InChI is InChI=1S/C13H17N3/c1-8-4-9(2)12(10(3)5-8)13-11(6-14)15-7-16-13/h4-5,7H,6,14H2,1-3H3,(H,15,16). The summed E-state index contributed by atoms with van der Waals surface area (Å²) < 4.78 is 0. The molecule has 0 aliphatic rings. The van der Waals surface area contributed by atoms with Crippen LogP contribution < -0.4 is 5.73 Å². The lowest BCUT2D eigenvalue weighted by Crippen LogP contribution is -2.00. The molecule has 0 amide bonds. The van der Waals surface area contributed by atoms with Gasteiger partial charge in [-0.1, -0.05) is 17.7 Å². The van der Waals surface area contributed by atoms with Gasteiger partial charge in [0.25, 0.3) is 0 Å². The van der Waals surface area contributed by atoms with Gasteiger partial charge < -0.3 is 10.7 Å². The molecule has 0 aliphatic heterocycles. The Balaban J connectivity index is 2.64. The monoisotopic (exact) mass is 215 g/mol. The van der Waals surface area contributed by atoms with Gasteiger partial charge in [-0.3, -0.25) is 0 Å². The Hall–Kier alpha value is -1.61. The maximum atomic E-state index is 5.69. The minimum atomic E-state index is 0.488. The minimum Gasteiger partial charge on any atom is -0.347 e. The molecule has 84 valence electrons. The molecule has 16 heavy (non-hydrogen) atoms. The SMILES string of the molecule is Cc1cc(C)c(-c2nc[nH]c2CN)c(C)c1. The van der Waals surface area contributed by atoms with Crippen molar-refractivity contribution >= 4 is 0 Å². The molecule has 0 fully saturated rings. The number of hydrogen-bond acceptors (Lipinski definition) is 2. The van der Waals surface area contributed by atoms with Crippen molar-refractivity contribution in [2.45, 2.75) is 27.3 Å². The maximum Gasteiger partial charge on any atom is 0.0931 e. The molecule has 2 aromatic rings. The maximum absolute atomic E-state index is 5.69. The normalized spacial score (nSPS) is 10.8. The molecule has 0 spiro atoms. The summed E-state index contributed by atoms with van der Waals surface area (Å²) in [4.78, 5) is 7.46. The average molecular weight is 215 g/mol. The summed E-state index contributed by atoms with van der Waals surface area (Å²) in [6, 6.07) is 4.36. The zero-order valence-corrected chi connectivity index (χ0v) is 9.96. The molecule has 0 saturated heterocycles. The van der Waals surface area contributed by atoms with Gasteiger partial charge in [0, 0.05) is 12.1 Å². The Morgan fingerprint density at radius 1 is 1.19 bits per heavy atom. The van der Waals surface area contributed by atoms with E-state index in [4.69, 9.17) is 5.73 Å². The predicted octanol–water partition coefficient (Wildman–Crippen LogP) is 2.46. The summed E-state index contributed by atoms with van der Waals surface area (Å²) in [7, 11) is 0. The molecular weight excluding hydrogens is 198 g/mol. The van der Waals surface area contributed by atoms with Crippen molar-refractivity contribution in [3.63, 3.8) is 0 Å². The first-order valence-corrected chi connectivity index (χ1v) is 5.44. The van der Waals surface area contributed by atoms with Crippen LogP contribution >= 0.6 is 0 Å². The van der Waals surface area contributed by atoms with Crippen LogP contribution in [-0.2, 0) is 6.54 Å². The van der Waals surface area contributed by atoms with Crippen LogP contribution in [0, 0.1) is 20.8 Å². The number of imidazole rings is 1. The van der Waals surface area contributed by atoms with Crippen LogP contribution in [-0.4, -0.2) is 9.97 Å². The molecule has 0 radical (unpaired) electrons. The Morgan fingerprint density at radius 3 is 2.38 bits per heavy atom. The first-order valence-electron chi connectivity index (χ1n) is 5.44. The van der Waals surface area contributed by atoms with Crippen molar-refractivity contribution < 1.29 is 0 Å². The van der Waals surface area contributed by atoms with Crippen molar-refractivity contribution in [1.82, 2.24) is 9.97 Å². The third-order valence-electron chi connectivity index (χ3n) is 2.84. The van der Waals surface area contributed by atoms with Crippen molar-refractivity contribution in [2.24, 2.45) is 5.73 Å². The van der Waals surface area contributed by atoms with E-state index < -0.39 is 0 Å². The number of nitrogens with zero attached hydrogens (tertiary/aromatic N) is 1. The zero-order valence-electron chi connectivity index (χ0n) is 9.96. The highest BCUT2D eigenvalue weighted by Gasteiger charge is 2.12. The molecule has 0 saturated carbocycles. The minimum absolute atomic E-state index is 0.488. The lowest BCUT2D eigenvalue weighted by Gasteiger charge is -2.10. The van der Waals surface area contributed by atoms with E-state index in [0.29, 0.717) is 6.54 Å². The summed E-state index contributed by atoms with van der Waals surface area (Å²) in [5, 5.41) is 0. The van der Waals surface area contributed by atoms with Gasteiger partial charge in [0.2, 0.25) is 0 Å². The number of hydrogen-bond donors (Lipinski definition) is 2. The lowest BCUT2D eigenvalue weighted by molar-refractivity contribution is 1.01. The molecule has 1 aromatic heterocycles. The smallest absolute Gasteiger partial charge is 0.0931 e. The number of aryl methyl sites for hydroxylation is 3. The van der Waals surface area contributed by atoms with Gasteiger partial charge in [-0.15, -0.1) is 0 Å². The molecule has 3 nitrogen and oxygen atoms in total. The first-order chi connectivity index (χ1) is 7.63. The van der Waals surface area contributed by atoms with Crippen LogP contribution in [0.15, 0.2) is 18.5 Å². The third kappa shape index (κ3) is 1.74. The molecule has 2 rings (SSSR count). The molecule has 3 heteroatoms. The van der Waals surface area contributed by atoms with Gasteiger partial charge >= 0.3 is 0 Å². The van der Waals surface area contributed by atoms with Crippen LogP contribution in [0.5, 0.6) is 0 Å². The fourth-order valence-electron chi connectivity index (χ4n) is 2.25. The zero-order chi connectivity index (χ0) is 11.7. The van der Waals surface area contributed by atoms with Crippen LogP contribution in [0.3, 0.4) is 0 Å². The Kier molecular flexibility index (Phi) is 2.79. The van der Waals surface area contributed by atoms with Gasteiger partial charge in [-0.25, -0.2) is 4.98 Å². The molecule has 1 heterocycles. The van der Waals surface area contributed by atoms with Crippen LogP contribution in [0.2, 0.25) is 0 Å². The van der Waals surface area contributed by atoms with Crippen molar-refractivity contribution in [3.05, 3.63) is 40.8 Å². The van der Waals surface area contributed by atoms with Gasteiger partial charge in [-0.2, -0.15) is 0 Å². The summed E-state index contributed by atoms with van der Waals surface area (Å²) in [5.41, 5.74) is 12.7. The highest BCUT2D eigenvalue weighted by molar-refractivity contribution is 5.70. The molecule has 3 N–H and O–H groups in total. The quantitative estimate of drug-likeness (QED) is 0.808. The Bertz CT molecular complexity index is 489. The van der Waals surface area contributed by atoms with E-state index in [1.807, 2.05) is 0 Å². The number of benzene rings is 1. The second-order valence-electron chi connectivity index (χ2n) is 4.21. The largest absolute Gasteiger partial charge is 0.347 e. The molecule has 0 aliphatic carbocycles. The summed E-state index contributed by atoms with van der Waals surface area (Å²) in [6.07, 6.45) is 1.70. The van der Waals surface area contributed by atoms with Crippen LogP contribution in [0.25, 0.3) is 11.3 Å². The van der Waals surface area contributed by atoms with E-state index in [2.05, 4.69) is 42.9 Å². The van der Waals surface area contributed by atoms with Gasteiger partial charge in [0.15, 0.2) is 0 Å². The van der Waals surface area contributed by atoms with Gasteiger partial charge in [-0.05, 0) is 31.9 Å². The van der Waals surface area contributed by atoms with E-state index >= 15 is 0 Å². The number of nitrogens with two attached hydrogens (primary N) is 1. The summed E-state index contributed by atoms with van der Waals surface area (Å²) in [5.74, 6) is 0. The summed E-state index contributed by atoms with van der Waals surface area (Å²) in [6.45, 7) is 6.83. The van der Waals surface area contributed by atoms with Crippen LogP contribution in [0.1, 0.15) is 22.4 Å². The van der Waals surface area contributed by atoms with E-state index in [0.717, 1.165) is 11.4 Å². The topological polar surface area (TPSA) is 54.7 Å². The second kappa shape index (κ2) is 4.10. The fourth-order valence-corrected chi connectivity index (χ4v) is 2.25. The van der Waals surface area contributed by atoms with Crippen molar-refractivity contribution in [3.8, 4) is 11.3 Å². The highest BCUT2D eigenvalue weighted by Crippen LogP contribution is 2.28. The number of rotatable bonds is 2. The molecule has 0 atom stereocenters. The van der Waals surface area contributed by atoms with E-state index in [1.165, 1.54) is 22.3 Å². The lowest BCUT2D eigenvalue weighted by atomic mass is 9.96. The number of H-pyrrole nitrogens is 1. The first kappa shape index (κ1) is 10.9. The number of nitrogens with one attached hydrogen (secondary N) is 1.